The maximum atomic E-state index is 12.0. The van der Waals surface area contributed by atoms with Crippen molar-refractivity contribution < 1.29 is 14.3 Å². The molecule has 0 fully saturated rings. The molecule has 1 heterocycles. The summed E-state index contributed by atoms with van der Waals surface area (Å²) in [6.45, 7) is 2.22. The number of hydrogen-bond acceptors (Lipinski definition) is 7. The molecule has 9 heteroatoms. The molecule has 0 saturated heterocycles. The number of hydrogen-bond donors (Lipinski definition) is 1. The summed E-state index contributed by atoms with van der Waals surface area (Å²) < 4.78 is 6.51. The van der Waals surface area contributed by atoms with Crippen LogP contribution in [-0.2, 0) is 9.53 Å². The molecule has 0 aliphatic carbocycles. The lowest BCUT2D eigenvalue weighted by Crippen LogP contribution is -2.30. The van der Waals surface area contributed by atoms with Gasteiger partial charge >= 0.3 is 5.97 Å². The van der Waals surface area contributed by atoms with Crippen molar-refractivity contribution in [2.24, 2.45) is 0 Å². The molecule has 1 N–H and O–H groups in total. The zero-order valence-electron chi connectivity index (χ0n) is 15.2. The van der Waals surface area contributed by atoms with E-state index in [-0.39, 0.29) is 12.5 Å². The normalized spacial score (nSPS) is 10.5. The number of tetrazole rings is 1. The highest BCUT2D eigenvalue weighted by Gasteiger charge is 2.10. The number of benzene rings is 2. The van der Waals surface area contributed by atoms with Crippen molar-refractivity contribution in [1.29, 1.82) is 0 Å². The van der Waals surface area contributed by atoms with E-state index < -0.39 is 5.97 Å². The van der Waals surface area contributed by atoms with Crippen LogP contribution in [0.3, 0.4) is 0 Å². The summed E-state index contributed by atoms with van der Waals surface area (Å²) in [7, 11) is 0. The van der Waals surface area contributed by atoms with E-state index >= 15 is 0 Å². The second kappa shape index (κ2) is 9.65. The molecular formula is C19H19N5O3S. The summed E-state index contributed by atoms with van der Waals surface area (Å²) in [5.41, 5.74) is 2.27. The van der Waals surface area contributed by atoms with Crippen LogP contribution in [0.15, 0.2) is 59.8 Å². The standard InChI is InChI=1S/C19H19N5O3S/c1-14-2-8-17(9-3-14)28-11-10-20-18(25)12-27-19(26)15-4-6-16(7-5-15)24-13-21-22-23-24/h2-9,13H,10-12H2,1H3,(H,20,25). The second-order valence-electron chi connectivity index (χ2n) is 5.89. The van der Waals surface area contributed by atoms with Crippen molar-refractivity contribution in [3.05, 3.63) is 66.0 Å². The number of amides is 1. The smallest absolute Gasteiger partial charge is 0.338 e. The van der Waals surface area contributed by atoms with Crippen molar-refractivity contribution >= 4 is 23.6 Å². The van der Waals surface area contributed by atoms with E-state index in [1.165, 1.54) is 16.6 Å². The highest BCUT2D eigenvalue weighted by molar-refractivity contribution is 7.99. The number of nitrogens with one attached hydrogen (secondary N) is 1. The largest absolute Gasteiger partial charge is 0.452 e. The van der Waals surface area contributed by atoms with E-state index in [1.54, 1.807) is 36.0 Å². The zero-order valence-corrected chi connectivity index (χ0v) is 16.1. The van der Waals surface area contributed by atoms with Crippen LogP contribution in [-0.4, -0.2) is 51.0 Å². The van der Waals surface area contributed by atoms with Gasteiger partial charge in [0.25, 0.3) is 5.91 Å². The number of nitrogens with zero attached hydrogens (tertiary/aromatic N) is 4. The first-order chi connectivity index (χ1) is 13.6. The Kier molecular flexibility index (Phi) is 6.74. The third kappa shape index (κ3) is 5.65. The van der Waals surface area contributed by atoms with Gasteiger partial charge in [-0.05, 0) is 53.7 Å². The minimum Gasteiger partial charge on any atom is -0.452 e. The minimum atomic E-state index is -0.563. The summed E-state index contributed by atoms with van der Waals surface area (Å²) in [6.07, 6.45) is 1.45. The van der Waals surface area contributed by atoms with Crippen LogP contribution in [0.4, 0.5) is 0 Å². The molecule has 144 valence electrons. The fourth-order valence-corrected chi connectivity index (χ4v) is 3.06. The van der Waals surface area contributed by atoms with Crippen LogP contribution in [0, 0.1) is 6.92 Å². The van der Waals surface area contributed by atoms with Crippen molar-refractivity contribution in [1.82, 2.24) is 25.5 Å². The van der Waals surface area contributed by atoms with Gasteiger partial charge in [-0.2, -0.15) is 0 Å². The topological polar surface area (TPSA) is 99.0 Å². The van der Waals surface area contributed by atoms with E-state index in [0.29, 0.717) is 17.8 Å². The summed E-state index contributed by atoms with van der Waals surface area (Å²) >= 11 is 1.65. The van der Waals surface area contributed by atoms with E-state index in [1.807, 2.05) is 19.1 Å². The third-order valence-electron chi connectivity index (χ3n) is 3.76. The van der Waals surface area contributed by atoms with Crippen LogP contribution in [0.1, 0.15) is 15.9 Å². The number of rotatable bonds is 8. The lowest BCUT2D eigenvalue weighted by Gasteiger charge is -2.07. The Balaban J connectivity index is 1.36. The SMILES string of the molecule is Cc1ccc(SCCNC(=O)COC(=O)c2ccc(-n3cnnn3)cc2)cc1. The summed E-state index contributed by atoms with van der Waals surface area (Å²) in [4.78, 5) is 25.0. The summed E-state index contributed by atoms with van der Waals surface area (Å²) in [5, 5.41) is 13.6. The van der Waals surface area contributed by atoms with E-state index in [9.17, 15) is 9.59 Å². The molecule has 0 atom stereocenters. The van der Waals surface area contributed by atoms with Crippen molar-refractivity contribution in [2.75, 3.05) is 18.9 Å². The number of ether oxygens (including phenoxy) is 1. The fourth-order valence-electron chi connectivity index (χ4n) is 2.29. The maximum Gasteiger partial charge on any atom is 0.338 e. The molecule has 3 rings (SSSR count). The predicted molar refractivity (Wildman–Crippen MR) is 104 cm³/mol. The van der Waals surface area contributed by atoms with E-state index in [4.69, 9.17) is 4.74 Å². The molecule has 3 aromatic rings. The highest BCUT2D eigenvalue weighted by atomic mass is 32.2. The fraction of sp³-hybridized carbons (Fsp3) is 0.211. The lowest BCUT2D eigenvalue weighted by atomic mass is 10.2. The quantitative estimate of drug-likeness (QED) is 0.353. The van der Waals surface area contributed by atoms with Gasteiger partial charge in [0.05, 0.1) is 11.3 Å². The van der Waals surface area contributed by atoms with Crippen LogP contribution < -0.4 is 5.32 Å². The minimum absolute atomic E-state index is 0.317. The zero-order chi connectivity index (χ0) is 19.8. The van der Waals surface area contributed by atoms with Gasteiger partial charge in [-0.1, -0.05) is 17.7 Å². The number of thioether (sulfide) groups is 1. The molecule has 1 amide bonds. The van der Waals surface area contributed by atoms with Gasteiger partial charge in [0.1, 0.15) is 6.33 Å². The molecular weight excluding hydrogens is 378 g/mol. The molecule has 0 aliphatic heterocycles. The van der Waals surface area contributed by atoms with Crippen molar-refractivity contribution in [2.45, 2.75) is 11.8 Å². The van der Waals surface area contributed by atoms with Gasteiger partial charge in [-0.25, -0.2) is 9.48 Å². The number of aryl methyl sites for hydroxylation is 1. The second-order valence-corrected chi connectivity index (χ2v) is 7.06. The molecule has 0 spiro atoms. The molecule has 0 bridgehead atoms. The molecule has 2 aromatic carbocycles. The Morgan fingerprint density at radius 1 is 1.11 bits per heavy atom. The first-order valence-electron chi connectivity index (χ1n) is 8.58. The van der Waals surface area contributed by atoms with Gasteiger partial charge in [0, 0.05) is 17.2 Å². The number of esters is 1. The Morgan fingerprint density at radius 2 is 1.86 bits per heavy atom. The van der Waals surface area contributed by atoms with Crippen LogP contribution in [0.25, 0.3) is 5.69 Å². The monoisotopic (exact) mass is 397 g/mol. The maximum absolute atomic E-state index is 12.0. The van der Waals surface area contributed by atoms with Crippen LogP contribution >= 0.6 is 11.8 Å². The number of carbonyl (C=O) groups excluding carboxylic acids is 2. The number of aromatic nitrogens is 4. The molecule has 0 radical (unpaired) electrons. The van der Waals surface area contributed by atoms with Gasteiger partial charge in [0.15, 0.2) is 6.61 Å². The van der Waals surface area contributed by atoms with Gasteiger partial charge in [0.2, 0.25) is 0 Å². The first kappa shape index (κ1) is 19.6. The summed E-state index contributed by atoms with van der Waals surface area (Å²) in [5.74, 6) is -0.155. The summed E-state index contributed by atoms with van der Waals surface area (Å²) in [6, 6.07) is 14.8. The highest BCUT2D eigenvalue weighted by Crippen LogP contribution is 2.17. The Morgan fingerprint density at radius 3 is 2.54 bits per heavy atom. The average molecular weight is 397 g/mol. The average Bonchev–Trinajstić information content (AvgIpc) is 3.26. The molecule has 1 aromatic heterocycles. The molecule has 8 nitrogen and oxygen atoms in total. The first-order valence-corrected chi connectivity index (χ1v) is 9.57. The molecule has 28 heavy (non-hydrogen) atoms. The van der Waals surface area contributed by atoms with Crippen molar-refractivity contribution in [3.8, 4) is 5.69 Å². The Labute approximate surface area is 166 Å². The molecule has 0 aliphatic rings. The van der Waals surface area contributed by atoms with Crippen molar-refractivity contribution in [3.63, 3.8) is 0 Å². The van der Waals surface area contributed by atoms with E-state index in [2.05, 4.69) is 33.0 Å². The number of carbonyl (C=O) groups is 2. The molecule has 0 saturated carbocycles. The third-order valence-corrected chi connectivity index (χ3v) is 4.78. The van der Waals surface area contributed by atoms with Crippen LogP contribution in [0.5, 0.6) is 0 Å². The molecule has 0 unspecified atom stereocenters. The van der Waals surface area contributed by atoms with Gasteiger partial charge in [-0.3, -0.25) is 4.79 Å². The van der Waals surface area contributed by atoms with Gasteiger partial charge in [-0.15, -0.1) is 16.9 Å². The van der Waals surface area contributed by atoms with Gasteiger partial charge < -0.3 is 10.1 Å². The lowest BCUT2D eigenvalue weighted by molar-refractivity contribution is -0.124. The Bertz CT molecular complexity index is 912. The Hall–Kier alpha value is -3.20. The van der Waals surface area contributed by atoms with E-state index in [0.717, 1.165) is 10.6 Å². The predicted octanol–water partition coefficient (Wildman–Crippen LogP) is 2.04. The van der Waals surface area contributed by atoms with Crippen LogP contribution in [0.2, 0.25) is 0 Å².